The molecule has 2 heterocycles. The number of thiazole rings is 1. The predicted octanol–water partition coefficient (Wildman–Crippen LogP) is 4.14. The average molecular weight is 444 g/mol. The Balaban J connectivity index is 1.59. The number of carbonyl (C=O) groups excluding carboxylic acids is 2. The van der Waals surface area contributed by atoms with Crippen molar-refractivity contribution in [1.29, 1.82) is 0 Å². The summed E-state index contributed by atoms with van der Waals surface area (Å²) in [5, 5.41) is 5.26. The van der Waals surface area contributed by atoms with E-state index in [1.165, 1.54) is 23.3 Å². The van der Waals surface area contributed by atoms with Crippen molar-refractivity contribution >= 4 is 46.1 Å². The molecule has 0 atom stereocenters. The molecule has 3 aromatic rings. The van der Waals surface area contributed by atoms with Crippen LogP contribution in [-0.4, -0.2) is 37.1 Å². The van der Waals surface area contributed by atoms with E-state index < -0.39 is 0 Å². The van der Waals surface area contributed by atoms with Gasteiger partial charge in [-0.2, -0.15) is 0 Å². The molecule has 2 amide bonds. The van der Waals surface area contributed by atoms with E-state index in [1.807, 2.05) is 24.4 Å². The average Bonchev–Trinajstić information content (AvgIpc) is 3.27. The third kappa shape index (κ3) is 3.96. The van der Waals surface area contributed by atoms with E-state index in [-0.39, 0.29) is 25.0 Å². The number of nitrogens with zero attached hydrogens (tertiary/aromatic N) is 2. The number of benzene rings is 2. The van der Waals surface area contributed by atoms with Crippen molar-refractivity contribution in [1.82, 2.24) is 4.98 Å². The van der Waals surface area contributed by atoms with Crippen LogP contribution in [0.2, 0.25) is 5.02 Å². The number of hydrogen-bond donors (Lipinski definition) is 1. The number of amides is 2. The number of aromatic nitrogens is 1. The molecule has 1 aromatic heterocycles. The molecule has 1 N–H and O–H groups in total. The van der Waals surface area contributed by atoms with Crippen molar-refractivity contribution in [2.75, 3.05) is 30.5 Å². The van der Waals surface area contributed by atoms with Crippen molar-refractivity contribution < 1.29 is 19.1 Å². The van der Waals surface area contributed by atoms with Crippen LogP contribution in [0.4, 0.5) is 11.4 Å². The first-order chi connectivity index (χ1) is 14.5. The van der Waals surface area contributed by atoms with Gasteiger partial charge in [0.2, 0.25) is 5.91 Å². The molecule has 1 aliphatic rings. The van der Waals surface area contributed by atoms with Gasteiger partial charge in [0.25, 0.3) is 5.91 Å². The number of ether oxygens (including phenoxy) is 2. The molecule has 1 aliphatic heterocycles. The molecule has 0 spiro atoms. The lowest BCUT2D eigenvalue weighted by atomic mass is 10.1. The molecule has 154 valence electrons. The molecular weight excluding hydrogens is 426 g/mol. The quantitative estimate of drug-likeness (QED) is 0.640. The summed E-state index contributed by atoms with van der Waals surface area (Å²) in [6.07, 6.45) is 0. The molecule has 4 rings (SSSR count). The van der Waals surface area contributed by atoms with Crippen LogP contribution in [0.5, 0.6) is 11.5 Å². The molecule has 30 heavy (non-hydrogen) atoms. The number of fused-ring (bicyclic) bond motifs is 1. The summed E-state index contributed by atoms with van der Waals surface area (Å²) >= 11 is 7.61. The lowest BCUT2D eigenvalue weighted by Gasteiger charge is -2.29. The van der Waals surface area contributed by atoms with Gasteiger partial charge in [-0.05, 0) is 36.8 Å². The maximum atomic E-state index is 12.8. The molecule has 7 nitrogen and oxygen atoms in total. The van der Waals surface area contributed by atoms with Crippen LogP contribution in [0.1, 0.15) is 5.56 Å². The Morgan fingerprint density at radius 3 is 2.93 bits per heavy atom. The predicted molar refractivity (Wildman–Crippen MR) is 117 cm³/mol. The second-order valence-corrected chi connectivity index (χ2v) is 7.80. The summed E-state index contributed by atoms with van der Waals surface area (Å²) in [7, 11) is 1.50. The fourth-order valence-electron chi connectivity index (χ4n) is 3.15. The maximum absolute atomic E-state index is 12.8. The van der Waals surface area contributed by atoms with Crippen molar-refractivity contribution in [2.45, 2.75) is 6.92 Å². The van der Waals surface area contributed by atoms with E-state index in [2.05, 4.69) is 10.3 Å². The number of methoxy groups -OCH3 is 1. The number of hydrogen-bond acceptors (Lipinski definition) is 6. The number of rotatable bonds is 5. The zero-order valence-electron chi connectivity index (χ0n) is 16.3. The van der Waals surface area contributed by atoms with Crippen LogP contribution in [0.15, 0.2) is 41.2 Å². The Hall–Kier alpha value is -3.10. The third-order valence-corrected chi connectivity index (χ3v) is 5.68. The Kier molecular flexibility index (Phi) is 5.61. The maximum Gasteiger partial charge on any atom is 0.265 e. The summed E-state index contributed by atoms with van der Waals surface area (Å²) in [6.45, 7) is 1.54. The van der Waals surface area contributed by atoms with E-state index in [4.69, 9.17) is 21.1 Å². The minimum absolute atomic E-state index is 0.125. The molecule has 0 radical (unpaired) electrons. The Morgan fingerprint density at radius 2 is 2.20 bits per heavy atom. The summed E-state index contributed by atoms with van der Waals surface area (Å²) in [5.74, 6) is 0.322. The minimum Gasteiger partial charge on any atom is -0.495 e. The number of nitrogens with one attached hydrogen (secondary N) is 1. The normalized spacial score (nSPS) is 12.9. The highest BCUT2D eigenvalue weighted by Crippen LogP contribution is 2.36. The lowest BCUT2D eigenvalue weighted by molar-refractivity contribution is -0.123. The van der Waals surface area contributed by atoms with E-state index in [0.29, 0.717) is 27.9 Å². The number of carbonyl (C=O) groups is 2. The van der Waals surface area contributed by atoms with Crippen LogP contribution < -0.4 is 19.7 Å². The fraction of sp³-hybridized carbons (Fsp3) is 0.190. The monoisotopic (exact) mass is 443 g/mol. The van der Waals surface area contributed by atoms with Gasteiger partial charge in [-0.3, -0.25) is 14.5 Å². The zero-order chi connectivity index (χ0) is 21.3. The summed E-state index contributed by atoms with van der Waals surface area (Å²) in [6, 6.07) is 8.84. The molecule has 0 unspecified atom stereocenters. The van der Waals surface area contributed by atoms with Gasteiger partial charge in [0.1, 0.15) is 18.0 Å². The Labute approximate surface area is 182 Å². The molecule has 9 heteroatoms. The van der Waals surface area contributed by atoms with Crippen LogP contribution >= 0.6 is 22.9 Å². The summed E-state index contributed by atoms with van der Waals surface area (Å²) in [5.41, 5.74) is 5.20. The molecule has 0 saturated heterocycles. The van der Waals surface area contributed by atoms with Gasteiger partial charge in [0.05, 0.1) is 29.7 Å². The highest BCUT2D eigenvalue weighted by molar-refractivity contribution is 7.07. The molecule has 0 aliphatic carbocycles. The van der Waals surface area contributed by atoms with E-state index in [0.717, 1.165) is 16.8 Å². The lowest BCUT2D eigenvalue weighted by Crippen LogP contribution is -2.43. The number of aryl methyl sites for hydroxylation is 1. The molecule has 0 bridgehead atoms. The standard InChI is InChI=1S/C21H18ClN3O4S/c1-12-5-15(19(28-2)7-14(12)22)24-20(26)8-25-17-6-13(16-10-30-11-23-16)3-4-18(17)29-9-21(25)27/h3-7,10-11H,8-9H2,1-2H3,(H,24,26). The molecule has 2 aromatic carbocycles. The minimum atomic E-state index is -0.365. The third-order valence-electron chi connectivity index (χ3n) is 4.69. The van der Waals surface area contributed by atoms with Crippen molar-refractivity contribution in [3.8, 4) is 22.8 Å². The second-order valence-electron chi connectivity index (χ2n) is 6.67. The van der Waals surface area contributed by atoms with Gasteiger partial charge in [0, 0.05) is 22.0 Å². The van der Waals surface area contributed by atoms with E-state index >= 15 is 0 Å². The van der Waals surface area contributed by atoms with Gasteiger partial charge in [-0.25, -0.2) is 4.98 Å². The topological polar surface area (TPSA) is 80.8 Å². The highest BCUT2D eigenvalue weighted by Gasteiger charge is 2.28. The SMILES string of the molecule is COc1cc(Cl)c(C)cc1NC(=O)CN1C(=O)COc2ccc(-c3cscn3)cc21. The van der Waals surface area contributed by atoms with E-state index in [9.17, 15) is 9.59 Å². The van der Waals surface area contributed by atoms with Gasteiger partial charge in [-0.1, -0.05) is 11.6 Å². The van der Waals surface area contributed by atoms with Gasteiger partial charge < -0.3 is 14.8 Å². The van der Waals surface area contributed by atoms with Crippen molar-refractivity contribution in [2.24, 2.45) is 0 Å². The second kappa shape index (κ2) is 8.33. The Bertz CT molecular complexity index is 1120. The van der Waals surface area contributed by atoms with Crippen LogP contribution in [0, 0.1) is 6.92 Å². The van der Waals surface area contributed by atoms with Crippen molar-refractivity contribution in [3.05, 3.63) is 51.8 Å². The van der Waals surface area contributed by atoms with Gasteiger partial charge in [0.15, 0.2) is 6.61 Å². The highest BCUT2D eigenvalue weighted by atomic mass is 35.5. The number of halogens is 1. The summed E-state index contributed by atoms with van der Waals surface area (Å²) < 4.78 is 10.8. The van der Waals surface area contributed by atoms with Crippen LogP contribution in [-0.2, 0) is 9.59 Å². The summed E-state index contributed by atoms with van der Waals surface area (Å²) in [4.78, 5) is 31.0. The molecule has 0 fully saturated rings. The van der Waals surface area contributed by atoms with E-state index in [1.54, 1.807) is 23.7 Å². The number of anilines is 2. The smallest absolute Gasteiger partial charge is 0.265 e. The first-order valence-electron chi connectivity index (χ1n) is 9.06. The molecular formula is C21H18ClN3O4S. The molecule has 0 saturated carbocycles. The largest absolute Gasteiger partial charge is 0.495 e. The van der Waals surface area contributed by atoms with Gasteiger partial charge >= 0.3 is 0 Å². The fourth-order valence-corrected chi connectivity index (χ4v) is 3.87. The Morgan fingerprint density at radius 1 is 1.37 bits per heavy atom. The van der Waals surface area contributed by atoms with Crippen molar-refractivity contribution in [3.63, 3.8) is 0 Å². The first-order valence-corrected chi connectivity index (χ1v) is 10.4. The van der Waals surface area contributed by atoms with Crippen LogP contribution in [0.3, 0.4) is 0 Å². The zero-order valence-corrected chi connectivity index (χ0v) is 17.8. The first kappa shape index (κ1) is 20.2. The van der Waals surface area contributed by atoms with Crippen LogP contribution in [0.25, 0.3) is 11.3 Å². The van der Waals surface area contributed by atoms with Gasteiger partial charge in [-0.15, -0.1) is 11.3 Å².